The minimum atomic E-state index is -0.206. The molecule has 7 nitrogen and oxygen atoms in total. The van der Waals surface area contributed by atoms with Gasteiger partial charge in [0, 0.05) is 59.0 Å². The van der Waals surface area contributed by atoms with Crippen LogP contribution in [0.3, 0.4) is 0 Å². The average Bonchev–Trinajstić information content (AvgIpc) is 3.21. The van der Waals surface area contributed by atoms with Gasteiger partial charge in [-0.05, 0) is 38.0 Å². The molecule has 0 aromatic heterocycles. The predicted molar refractivity (Wildman–Crippen MR) is 112 cm³/mol. The van der Waals surface area contributed by atoms with Crippen LogP contribution < -0.4 is 5.32 Å². The highest BCUT2D eigenvalue weighted by Gasteiger charge is 2.31. The zero-order valence-corrected chi connectivity index (χ0v) is 18.0. The van der Waals surface area contributed by atoms with Gasteiger partial charge >= 0.3 is 0 Å². The number of nitrogens with zero attached hydrogens (tertiary/aromatic N) is 4. The van der Waals surface area contributed by atoms with Crippen LogP contribution >= 0.6 is 0 Å². The molecule has 160 valence electrons. The maximum Gasteiger partial charge on any atom is 0.251 e. The topological polar surface area (TPSA) is 60.4 Å². The van der Waals surface area contributed by atoms with E-state index in [1.807, 2.05) is 4.90 Å². The number of rotatable bonds is 5. The van der Waals surface area contributed by atoms with E-state index in [-0.39, 0.29) is 12.0 Å². The monoisotopic (exact) mass is 393 g/mol. The molecule has 3 aliphatic rings. The minimum Gasteiger partial charge on any atom is -0.368 e. The molecular weight excluding hydrogens is 354 g/mol. The van der Waals surface area contributed by atoms with Crippen LogP contribution in [0.2, 0.25) is 0 Å². The van der Waals surface area contributed by atoms with Crippen LogP contribution in [0.5, 0.6) is 0 Å². The summed E-state index contributed by atoms with van der Waals surface area (Å²) < 4.78 is 5.56. The van der Waals surface area contributed by atoms with Crippen molar-refractivity contribution in [2.75, 3.05) is 65.5 Å². The van der Waals surface area contributed by atoms with E-state index < -0.39 is 0 Å². The first-order valence-electron chi connectivity index (χ1n) is 11.2. The summed E-state index contributed by atoms with van der Waals surface area (Å²) in [7, 11) is 0. The number of nitrogens with one attached hydrogen (secondary N) is 1. The maximum atomic E-state index is 12.5. The molecular formula is C21H39N5O2. The smallest absolute Gasteiger partial charge is 0.251 e. The summed E-state index contributed by atoms with van der Waals surface area (Å²) in [4.78, 5) is 24.2. The Labute approximate surface area is 170 Å². The minimum absolute atomic E-state index is 0.174. The van der Waals surface area contributed by atoms with Crippen LogP contribution in [0.4, 0.5) is 0 Å². The largest absolute Gasteiger partial charge is 0.368 e. The SMILES string of the molecule is CCNC(=NCCN1CC(C)CC(C)C1)N1CCN(C(=O)C2CCCO2)CC1. The number of aliphatic imine (C=N–C) groups is 1. The Balaban J connectivity index is 1.47. The van der Waals surface area contributed by atoms with Crippen molar-refractivity contribution in [2.24, 2.45) is 16.8 Å². The Morgan fingerprint density at radius 1 is 1.11 bits per heavy atom. The lowest BCUT2D eigenvalue weighted by molar-refractivity contribution is -0.142. The van der Waals surface area contributed by atoms with Gasteiger partial charge in [-0.25, -0.2) is 0 Å². The van der Waals surface area contributed by atoms with Gasteiger partial charge in [0.1, 0.15) is 6.10 Å². The molecule has 3 fully saturated rings. The molecule has 0 aromatic rings. The summed E-state index contributed by atoms with van der Waals surface area (Å²) in [6.07, 6.45) is 3.01. The lowest BCUT2D eigenvalue weighted by atomic mass is 9.92. The van der Waals surface area contributed by atoms with Gasteiger partial charge in [0.15, 0.2) is 5.96 Å². The second kappa shape index (κ2) is 10.4. The molecule has 3 rings (SSSR count). The highest BCUT2D eigenvalue weighted by Crippen LogP contribution is 2.20. The molecule has 0 aliphatic carbocycles. The van der Waals surface area contributed by atoms with E-state index in [0.29, 0.717) is 0 Å². The van der Waals surface area contributed by atoms with E-state index in [1.165, 1.54) is 19.5 Å². The molecule has 3 aliphatic heterocycles. The molecule has 7 heteroatoms. The number of carbonyl (C=O) groups excluding carboxylic acids is 1. The van der Waals surface area contributed by atoms with Crippen molar-refractivity contribution in [2.45, 2.75) is 46.1 Å². The number of piperidine rings is 1. The van der Waals surface area contributed by atoms with Crippen LogP contribution in [-0.2, 0) is 9.53 Å². The molecule has 3 saturated heterocycles. The Kier molecular flexibility index (Phi) is 7.97. The summed E-state index contributed by atoms with van der Waals surface area (Å²) >= 11 is 0. The highest BCUT2D eigenvalue weighted by molar-refractivity contribution is 5.82. The first kappa shape index (κ1) is 21.4. The Bertz CT molecular complexity index is 517. The van der Waals surface area contributed by atoms with Crippen LogP contribution in [-0.4, -0.2) is 98.2 Å². The third-order valence-corrected chi connectivity index (χ3v) is 6.05. The summed E-state index contributed by atoms with van der Waals surface area (Å²) in [6.45, 7) is 15.8. The van der Waals surface area contributed by atoms with Crippen molar-refractivity contribution >= 4 is 11.9 Å². The van der Waals surface area contributed by atoms with E-state index >= 15 is 0 Å². The number of piperazine rings is 1. The third-order valence-electron chi connectivity index (χ3n) is 6.05. The molecule has 0 radical (unpaired) electrons. The van der Waals surface area contributed by atoms with Crippen LogP contribution in [0.15, 0.2) is 4.99 Å². The van der Waals surface area contributed by atoms with Crippen molar-refractivity contribution in [3.63, 3.8) is 0 Å². The summed E-state index contributed by atoms with van der Waals surface area (Å²) in [6, 6.07) is 0. The fourth-order valence-electron chi connectivity index (χ4n) is 4.81. The second-order valence-electron chi connectivity index (χ2n) is 8.76. The van der Waals surface area contributed by atoms with Gasteiger partial charge < -0.3 is 24.8 Å². The fourth-order valence-corrected chi connectivity index (χ4v) is 4.81. The van der Waals surface area contributed by atoms with Gasteiger partial charge in [0.25, 0.3) is 5.91 Å². The zero-order valence-electron chi connectivity index (χ0n) is 18.0. The van der Waals surface area contributed by atoms with Crippen molar-refractivity contribution in [3.8, 4) is 0 Å². The van der Waals surface area contributed by atoms with Crippen molar-refractivity contribution in [3.05, 3.63) is 0 Å². The molecule has 0 spiro atoms. The Morgan fingerprint density at radius 2 is 1.79 bits per heavy atom. The number of likely N-dealkylation sites (tertiary alicyclic amines) is 1. The van der Waals surface area contributed by atoms with Gasteiger partial charge in [0.2, 0.25) is 0 Å². The second-order valence-corrected chi connectivity index (χ2v) is 8.76. The van der Waals surface area contributed by atoms with Crippen molar-refractivity contribution in [1.29, 1.82) is 0 Å². The third kappa shape index (κ3) is 5.83. The first-order valence-corrected chi connectivity index (χ1v) is 11.2. The number of hydrogen-bond donors (Lipinski definition) is 1. The summed E-state index contributed by atoms with van der Waals surface area (Å²) in [5.41, 5.74) is 0. The van der Waals surface area contributed by atoms with Gasteiger partial charge in [-0.1, -0.05) is 13.8 Å². The lowest BCUT2D eigenvalue weighted by Crippen LogP contribution is -2.55. The van der Waals surface area contributed by atoms with E-state index in [9.17, 15) is 4.79 Å². The summed E-state index contributed by atoms with van der Waals surface area (Å²) in [5.74, 6) is 2.74. The number of hydrogen-bond acceptors (Lipinski definition) is 4. The molecule has 0 saturated carbocycles. The maximum absolute atomic E-state index is 12.5. The summed E-state index contributed by atoms with van der Waals surface area (Å²) in [5, 5.41) is 3.44. The molecule has 3 unspecified atom stereocenters. The van der Waals surface area contributed by atoms with Crippen LogP contribution in [0, 0.1) is 11.8 Å². The van der Waals surface area contributed by atoms with Gasteiger partial charge in [0.05, 0.1) is 6.54 Å². The molecule has 1 N–H and O–H groups in total. The molecule has 0 bridgehead atoms. The fraction of sp³-hybridized carbons (Fsp3) is 0.905. The van der Waals surface area contributed by atoms with Gasteiger partial charge in [-0.3, -0.25) is 9.79 Å². The average molecular weight is 394 g/mol. The van der Waals surface area contributed by atoms with Gasteiger partial charge in [-0.15, -0.1) is 0 Å². The standard InChI is InChI=1S/C21H39N5O2/c1-4-22-21(23-7-8-24-15-17(2)14-18(3)16-24)26-11-9-25(10-12-26)20(27)19-6-5-13-28-19/h17-19H,4-16H2,1-3H3,(H,22,23). The highest BCUT2D eigenvalue weighted by atomic mass is 16.5. The first-order chi connectivity index (χ1) is 13.6. The van der Waals surface area contributed by atoms with E-state index in [1.54, 1.807) is 0 Å². The van der Waals surface area contributed by atoms with E-state index in [4.69, 9.17) is 9.73 Å². The Morgan fingerprint density at radius 3 is 2.39 bits per heavy atom. The number of guanidine groups is 1. The zero-order chi connectivity index (χ0) is 19.9. The Hall–Kier alpha value is -1.34. The molecule has 1 amide bonds. The van der Waals surface area contributed by atoms with Crippen LogP contribution in [0.1, 0.15) is 40.0 Å². The number of ether oxygens (including phenoxy) is 1. The van der Waals surface area contributed by atoms with E-state index in [0.717, 1.165) is 83.1 Å². The van der Waals surface area contributed by atoms with Crippen molar-refractivity contribution in [1.82, 2.24) is 20.0 Å². The van der Waals surface area contributed by atoms with Crippen molar-refractivity contribution < 1.29 is 9.53 Å². The van der Waals surface area contributed by atoms with E-state index in [2.05, 4.69) is 35.9 Å². The predicted octanol–water partition coefficient (Wildman–Crippen LogP) is 1.25. The van der Waals surface area contributed by atoms with Gasteiger partial charge in [-0.2, -0.15) is 0 Å². The molecule has 3 atom stereocenters. The number of carbonyl (C=O) groups is 1. The lowest BCUT2D eigenvalue weighted by Gasteiger charge is -2.37. The normalized spacial score (nSPS) is 30.0. The van der Waals surface area contributed by atoms with Crippen LogP contribution in [0.25, 0.3) is 0 Å². The molecule has 3 heterocycles. The quantitative estimate of drug-likeness (QED) is 0.563. The molecule has 0 aromatic carbocycles. The molecule has 28 heavy (non-hydrogen) atoms. The number of amides is 1.